The number of nitrogens with zero attached hydrogens (tertiary/aromatic N) is 1. The van der Waals surface area contributed by atoms with E-state index >= 15 is 0 Å². The molecule has 0 saturated carbocycles. The summed E-state index contributed by atoms with van der Waals surface area (Å²) in [6, 6.07) is 7.73. The van der Waals surface area contributed by atoms with E-state index in [0.29, 0.717) is 17.4 Å². The van der Waals surface area contributed by atoms with Crippen LogP contribution < -0.4 is 10.5 Å². The fraction of sp³-hybridized carbons (Fsp3) is 0.100. The molecule has 5 heteroatoms. The number of rotatable bonds is 3. The highest BCUT2D eigenvalue weighted by molar-refractivity contribution is 7.09. The third kappa shape index (κ3) is 2.66. The summed E-state index contributed by atoms with van der Waals surface area (Å²) in [6.07, 6.45) is 0. The molecule has 2 rings (SSSR count). The van der Waals surface area contributed by atoms with Gasteiger partial charge in [0.1, 0.15) is 23.2 Å². The van der Waals surface area contributed by atoms with Gasteiger partial charge in [-0.2, -0.15) is 4.37 Å². The molecular formula is C10H9FN2OS. The Kier molecular flexibility index (Phi) is 2.82. The summed E-state index contributed by atoms with van der Waals surface area (Å²) in [4.78, 5) is 0. The van der Waals surface area contributed by atoms with Gasteiger partial charge in [-0.15, -0.1) is 0 Å². The lowest BCUT2D eigenvalue weighted by molar-refractivity contribution is 0.301. The molecule has 0 aliphatic rings. The van der Waals surface area contributed by atoms with Gasteiger partial charge in [0.05, 0.1) is 5.69 Å². The van der Waals surface area contributed by atoms with Gasteiger partial charge in [-0.1, -0.05) is 6.07 Å². The third-order valence-corrected chi connectivity index (χ3v) is 2.41. The Labute approximate surface area is 90.5 Å². The molecule has 1 aromatic carbocycles. The number of halogens is 1. The van der Waals surface area contributed by atoms with E-state index in [1.807, 2.05) is 0 Å². The lowest BCUT2D eigenvalue weighted by Gasteiger charge is -2.03. The van der Waals surface area contributed by atoms with Crippen molar-refractivity contribution in [2.24, 2.45) is 0 Å². The third-order valence-electron chi connectivity index (χ3n) is 1.76. The molecule has 2 aromatic rings. The van der Waals surface area contributed by atoms with Gasteiger partial charge in [-0.05, 0) is 29.7 Å². The van der Waals surface area contributed by atoms with Gasteiger partial charge in [0.25, 0.3) is 0 Å². The molecule has 78 valence electrons. The molecule has 15 heavy (non-hydrogen) atoms. The van der Waals surface area contributed by atoms with E-state index in [2.05, 4.69) is 4.37 Å². The van der Waals surface area contributed by atoms with E-state index in [4.69, 9.17) is 10.5 Å². The van der Waals surface area contributed by atoms with Crippen LogP contribution in [0, 0.1) is 5.82 Å². The monoisotopic (exact) mass is 224 g/mol. The molecule has 0 atom stereocenters. The number of nitrogens with two attached hydrogens (primary N) is 1. The van der Waals surface area contributed by atoms with Crippen molar-refractivity contribution in [1.82, 2.24) is 4.37 Å². The van der Waals surface area contributed by atoms with Crippen LogP contribution in [0.3, 0.4) is 0 Å². The van der Waals surface area contributed by atoms with Gasteiger partial charge in [0.15, 0.2) is 0 Å². The highest BCUT2D eigenvalue weighted by Crippen LogP contribution is 2.16. The number of benzene rings is 1. The van der Waals surface area contributed by atoms with Crippen LogP contribution in [-0.2, 0) is 6.61 Å². The second-order valence-corrected chi connectivity index (χ2v) is 3.80. The molecule has 3 nitrogen and oxygen atoms in total. The average molecular weight is 224 g/mol. The number of nitrogen functional groups attached to an aromatic ring is 1. The largest absolute Gasteiger partial charge is 0.487 e. The first kappa shape index (κ1) is 9.92. The SMILES string of the molecule is Nc1cc(COc2cccc(F)c2)ns1. The topological polar surface area (TPSA) is 48.1 Å². The fourth-order valence-corrected chi connectivity index (χ4v) is 1.63. The summed E-state index contributed by atoms with van der Waals surface area (Å²) in [6.45, 7) is 0.303. The summed E-state index contributed by atoms with van der Waals surface area (Å²) < 4.78 is 22.2. The van der Waals surface area contributed by atoms with Crippen LogP contribution in [0.1, 0.15) is 5.69 Å². The van der Waals surface area contributed by atoms with Crippen molar-refractivity contribution in [1.29, 1.82) is 0 Å². The van der Waals surface area contributed by atoms with Crippen LogP contribution in [-0.4, -0.2) is 4.37 Å². The average Bonchev–Trinajstić information content (AvgIpc) is 2.62. The normalized spacial score (nSPS) is 10.2. The highest BCUT2D eigenvalue weighted by Gasteiger charge is 2.00. The Morgan fingerprint density at radius 3 is 2.93 bits per heavy atom. The second kappa shape index (κ2) is 4.27. The molecule has 1 heterocycles. The predicted octanol–water partition coefficient (Wildman–Crippen LogP) is 2.44. The Morgan fingerprint density at radius 1 is 1.40 bits per heavy atom. The molecule has 0 radical (unpaired) electrons. The van der Waals surface area contributed by atoms with Crippen LogP contribution in [0.4, 0.5) is 9.39 Å². The molecule has 0 aliphatic heterocycles. The first-order chi connectivity index (χ1) is 7.24. The fourth-order valence-electron chi connectivity index (χ4n) is 1.11. The van der Waals surface area contributed by atoms with Crippen LogP contribution in [0.25, 0.3) is 0 Å². The van der Waals surface area contributed by atoms with E-state index in [9.17, 15) is 4.39 Å². The van der Waals surface area contributed by atoms with Gasteiger partial charge >= 0.3 is 0 Å². The van der Waals surface area contributed by atoms with Crippen LogP contribution >= 0.6 is 11.5 Å². The van der Waals surface area contributed by atoms with Gasteiger partial charge < -0.3 is 10.5 Å². The van der Waals surface area contributed by atoms with E-state index in [0.717, 1.165) is 5.69 Å². The minimum atomic E-state index is -0.315. The van der Waals surface area contributed by atoms with E-state index in [1.165, 1.54) is 23.7 Å². The Bertz CT molecular complexity index is 458. The molecule has 0 unspecified atom stereocenters. The Morgan fingerprint density at radius 2 is 2.27 bits per heavy atom. The summed E-state index contributed by atoms with van der Waals surface area (Å²) in [7, 11) is 0. The lowest BCUT2D eigenvalue weighted by atomic mass is 10.3. The molecule has 0 saturated heterocycles. The summed E-state index contributed by atoms with van der Waals surface area (Å²) in [5.41, 5.74) is 6.26. The van der Waals surface area contributed by atoms with Crippen molar-refractivity contribution < 1.29 is 9.13 Å². The number of hydrogen-bond acceptors (Lipinski definition) is 4. The molecule has 0 amide bonds. The molecule has 1 aromatic heterocycles. The smallest absolute Gasteiger partial charge is 0.131 e. The number of anilines is 1. The van der Waals surface area contributed by atoms with Gasteiger partial charge in [-0.3, -0.25) is 0 Å². The second-order valence-electron chi connectivity index (χ2n) is 2.97. The molecule has 2 N–H and O–H groups in total. The Balaban J connectivity index is 1.99. The van der Waals surface area contributed by atoms with Gasteiger partial charge in [0.2, 0.25) is 0 Å². The zero-order chi connectivity index (χ0) is 10.7. The minimum absolute atomic E-state index is 0.303. The summed E-state index contributed by atoms with van der Waals surface area (Å²) in [5.74, 6) is 0.173. The van der Waals surface area contributed by atoms with Crippen LogP contribution in [0.15, 0.2) is 30.3 Å². The first-order valence-electron chi connectivity index (χ1n) is 4.33. The molecule has 0 fully saturated rings. The van der Waals surface area contributed by atoms with Gasteiger partial charge in [0, 0.05) is 6.07 Å². The maximum Gasteiger partial charge on any atom is 0.131 e. The standard InChI is InChI=1S/C10H9FN2OS/c11-7-2-1-3-9(4-7)14-6-8-5-10(12)15-13-8/h1-5H,6,12H2. The Hall–Kier alpha value is -1.62. The maximum absolute atomic E-state index is 12.8. The lowest BCUT2D eigenvalue weighted by Crippen LogP contribution is -1.95. The van der Waals surface area contributed by atoms with Crippen molar-refractivity contribution in [3.8, 4) is 5.75 Å². The molecule has 0 aliphatic carbocycles. The van der Waals surface area contributed by atoms with Crippen molar-refractivity contribution in [3.05, 3.63) is 41.8 Å². The summed E-state index contributed by atoms with van der Waals surface area (Å²) in [5, 5.41) is 0.646. The van der Waals surface area contributed by atoms with Crippen LogP contribution in [0.5, 0.6) is 5.75 Å². The van der Waals surface area contributed by atoms with Crippen molar-refractivity contribution in [2.45, 2.75) is 6.61 Å². The zero-order valence-electron chi connectivity index (χ0n) is 7.81. The first-order valence-corrected chi connectivity index (χ1v) is 5.11. The summed E-state index contributed by atoms with van der Waals surface area (Å²) >= 11 is 1.22. The van der Waals surface area contributed by atoms with E-state index in [-0.39, 0.29) is 5.82 Å². The molecule has 0 spiro atoms. The minimum Gasteiger partial charge on any atom is -0.487 e. The van der Waals surface area contributed by atoms with E-state index in [1.54, 1.807) is 18.2 Å². The van der Waals surface area contributed by atoms with Crippen LogP contribution in [0.2, 0.25) is 0 Å². The quantitative estimate of drug-likeness (QED) is 0.871. The van der Waals surface area contributed by atoms with Crippen molar-refractivity contribution in [2.75, 3.05) is 5.73 Å². The van der Waals surface area contributed by atoms with E-state index < -0.39 is 0 Å². The number of aromatic nitrogens is 1. The predicted molar refractivity (Wildman–Crippen MR) is 57.3 cm³/mol. The number of hydrogen-bond donors (Lipinski definition) is 1. The zero-order valence-corrected chi connectivity index (χ0v) is 8.63. The number of ether oxygens (including phenoxy) is 1. The van der Waals surface area contributed by atoms with Crippen molar-refractivity contribution in [3.63, 3.8) is 0 Å². The molecule has 0 bridgehead atoms. The highest BCUT2D eigenvalue weighted by atomic mass is 32.1. The van der Waals surface area contributed by atoms with Crippen molar-refractivity contribution >= 4 is 16.5 Å². The molecular weight excluding hydrogens is 215 g/mol. The van der Waals surface area contributed by atoms with Gasteiger partial charge in [-0.25, -0.2) is 4.39 Å². The maximum atomic E-state index is 12.8.